The van der Waals surface area contributed by atoms with E-state index >= 15 is 0 Å². The number of aryl methyl sites for hydroxylation is 1. The Kier molecular flexibility index (Phi) is 9.00. The molecule has 4 heterocycles. The number of aromatic nitrogens is 1. The molecule has 0 aliphatic carbocycles. The van der Waals surface area contributed by atoms with E-state index in [4.69, 9.17) is 14.2 Å². The molecule has 0 bridgehead atoms. The summed E-state index contributed by atoms with van der Waals surface area (Å²) in [5.74, 6) is 0.804. The van der Waals surface area contributed by atoms with Crippen LogP contribution < -0.4 is 24.4 Å². The second-order valence-corrected chi connectivity index (χ2v) is 14.8. The molecule has 15 heteroatoms. The van der Waals surface area contributed by atoms with E-state index in [1.165, 1.54) is 23.5 Å². The van der Waals surface area contributed by atoms with E-state index in [2.05, 4.69) is 15.0 Å². The third-order valence-electron chi connectivity index (χ3n) is 8.12. The Morgan fingerprint density at radius 1 is 1.19 bits per heavy atom. The number of ether oxygens (including phenoxy) is 3. The number of fused-ring (bicyclic) bond motifs is 1. The highest BCUT2D eigenvalue weighted by atomic mass is 32.2. The van der Waals surface area contributed by atoms with Crippen molar-refractivity contribution < 1.29 is 36.2 Å². The largest absolute Gasteiger partial charge is 0.491 e. The fraction of sp³-hybridized carbons (Fsp3) is 0.593. The molecule has 2 atom stereocenters. The van der Waals surface area contributed by atoms with Crippen molar-refractivity contribution in [2.45, 2.75) is 53.7 Å². The van der Waals surface area contributed by atoms with Crippen LogP contribution >= 0.6 is 0 Å². The number of benzene rings is 1. The van der Waals surface area contributed by atoms with Gasteiger partial charge in [-0.25, -0.2) is 26.5 Å². The lowest BCUT2D eigenvalue weighted by Gasteiger charge is -2.38. The van der Waals surface area contributed by atoms with Gasteiger partial charge in [-0.3, -0.25) is 0 Å². The van der Waals surface area contributed by atoms with Crippen molar-refractivity contribution in [1.29, 1.82) is 0 Å². The average Bonchev–Trinajstić information content (AvgIpc) is 3.37. The lowest BCUT2D eigenvalue weighted by atomic mass is 9.88. The number of nitrogens with one attached hydrogen (secondary N) is 2. The van der Waals surface area contributed by atoms with Crippen molar-refractivity contribution in [3.8, 4) is 11.6 Å². The lowest BCUT2D eigenvalue weighted by Crippen LogP contribution is -2.47. The highest BCUT2D eigenvalue weighted by molar-refractivity contribution is 7.89. The summed E-state index contributed by atoms with van der Waals surface area (Å²) < 4.78 is 72.4. The maximum atomic E-state index is 13.6. The molecule has 5 rings (SSSR count). The zero-order valence-corrected chi connectivity index (χ0v) is 25.7. The Morgan fingerprint density at radius 3 is 2.69 bits per heavy atom. The SMILES string of the molecule is CNS(=O)(=O)c1cccc(OCC(O)CN[C@H]2COC3(CCN(S(=O)(=O)c4cc5c(nc4C)OCCN5C)CC3)C2)c1. The van der Waals surface area contributed by atoms with Gasteiger partial charge in [-0.05, 0) is 51.4 Å². The average molecular weight is 626 g/mol. The molecule has 2 saturated heterocycles. The van der Waals surface area contributed by atoms with Crippen LogP contribution in [0.5, 0.6) is 11.6 Å². The topological polar surface area (TPSA) is 160 Å². The van der Waals surface area contributed by atoms with Crippen molar-refractivity contribution in [3.63, 3.8) is 0 Å². The van der Waals surface area contributed by atoms with Gasteiger partial charge in [0.15, 0.2) is 0 Å². The summed E-state index contributed by atoms with van der Waals surface area (Å²) in [4.78, 5) is 6.67. The normalized spacial score (nSPS) is 21.6. The molecule has 3 aliphatic heterocycles. The number of aliphatic hydroxyl groups is 1. The molecule has 0 amide bonds. The molecule has 0 saturated carbocycles. The van der Waals surface area contributed by atoms with Gasteiger partial charge in [-0.2, -0.15) is 4.31 Å². The summed E-state index contributed by atoms with van der Waals surface area (Å²) in [5.41, 5.74) is 0.681. The van der Waals surface area contributed by atoms with E-state index in [9.17, 15) is 21.9 Å². The van der Waals surface area contributed by atoms with Crippen LogP contribution in [0.4, 0.5) is 5.69 Å². The van der Waals surface area contributed by atoms with E-state index in [1.54, 1.807) is 25.1 Å². The van der Waals surface area contributed by atoms with Crippen molar-refractivity contribution in [3.05, 3.63) is 36.0 Å². The summed E-state index contributed by atoms with van der Waals surface area (Å²) in [7, 11) is -4.10. The predicted octanol–water partition coefficient (Wildman–Crippen LogP) is 0.468. The number of anilines is 1. The second kappa shape index (κ2) is 12.2. The fourth-order valence-corrected chi connectivity index (χ4v) is 7.98. The molecule has 0 radical (unpaired) electrons. The zero-order chi connectivity index (χ0) is 30.1. The first-order chi connectivity index (χ1) is 19.9. The molecule has 2 fully saturated rings. The molecule has 1 unspecified atom stereocenters. The molecular formula is C27H39N5O8S2. The Bertz CT molecular complexity index is 1500. The fourth-order valence-electron chi connectivity index (χ4n) is 5.60. The maximum absolute atomic E-state index is 13.6. The van der Waals surface area contributed by atoms with Gasteiger partial charge in [-0.15, -0.1) is 0 Å². The van der Waals surface area contributed by atoms with Crippen LogP contribution in [0.3, 0.4) is 0 Å². The van der Waals surface area contributed by atoms with Gasteiger partial charge < -0.3 is 29.5 Å². The molecule has 1 aromatic carbocycles. The highest BCUT2D eigenvalue weighted by Crippen LogP contribution is 2.39. The second-order valence-electron chi connectivity index (χ2n) is 11.0. The third kappa shape index (κ3) is 6.51. The lowest BCUT2D eigenvalue weighted by molar-refractivity contribution is -0.0312. The first-order valence-electron chi connectivity index (χ1n) is 14.0. The van der Waals surface area contributed by atoms with Gasteiger partial charge in [0.05, 0.1) is 29.3 Å². The molecule has 3 N–H and O–H groups in total. The van der Waals surface area contributed by atoms with Crippen LogP contribution in [-0.4, -0.2) is 109 Å². The Labute approximate surface area is 247 Å². The number of rotatable bonds is 10. The summed E-state index contributed by atoms with van der Waals surface area (Å²) in [6.07, 6.45) is 1.03. The monoisotopic (exact) mass is 625 g/mol. The number of nitrogens with zero attached hydrogens (tertiary/aromatic N) is 3. The molecule has 1 aromatic heterocycles. The molecular weight excluding hydrogens is 586 g/mol. The first kappa shape index (κ1) is 30.9. The predicted molar refractivity (Wildman–Crippen MR) is 155 cm³/mol. The Hall–Kier alpha value is -2.53. The van der Waals surface area contributed by atoms with Crippen molar-refractivity contribution in [2.24, 2.45) is 0 Å². The Morgan fingerprint density at radius 2 is 1.95 bits per heavy atom. The smallest absolute Gasteiger partial charge is 0.244 e. The molecule has 42 heavy (non-hydrogen) atoms. The summed E-state index contributed by atoms with van der Waals surface area (Å²) >= 11 is 0. The molecule has 2 aromatic rings. The number of piperidine rings is 1. The summed E-state index contributed by atoms with van der Waals surface area (Å²) in [6.45, 7) is 4.27. The number of pyridine rings is 1. The van der Waals surface area contributed by atoms with Gasteiger partial charge in [0.25, 0.3) is 0 Å². The summed E-state index contributed by atoms with van der Waals surface area (Å²) in [5, 5.41) is 13.8. The van der Waals surface area contributed by atoms with Gasteiger partial charge >= 0.3 is 0 Å². The van der Waals surface area contributed by atoms with Crippen LogP contribution in [0.2, 0.25) is 0 Å². The number of hydrogen-bond acceptors (Lipinski definition) is 11. The minimum Gasteiger partial charge on any atom is -0.491 e. The number of sulfonamides is 2. The van der Waals surface area contributed by atoms with Crippen LogP contribution in [0.15, 0.2) is 40.1 Å². The highest BCUT2D eigenvalue weighted by Gasteiger charge is 2.45. The van der Waals surface area contributed by atoms with Crippen LogP contribution in [0, 0.1) is 6.92 Å². The number of aliphatic hydroxyl groups excluding tert-OH is 1. The van der Waals surface area contributed by atoms with Gasteiger partial charge in [0.2, 0.25) is 25.9 Å². The van der Waals surface area contributed by atoms with E-state index in [1.807, 2.05) is 11.9 Å². The van der Waals surface area contributed by atoms with Crippen LogP contribution in [-0.2, 0) is 24.8 Å². The van der Waals surface area contributed by atoms with Crippen LogP contribution in [0.25, 0.3) is 0 Å². The molecule has 1 spiro atoms. The third-order valence-corrected chi connectivity index (χ3v) is 11.5. The minimum atomic E-state index is -3.74. The van der Waals surface area contributed by atoms with E-state index in [0.29, 0.717) is 75.1 Å². The van der Waals surface area contributed by atoms with Crippen molar-refractivity contribution in [1.82, 2.24) is 19.3 Å². The van der Waals surface area contributed by atoms with Gasteiger partial charge in [0.1, 0.15) is 35.7 Å². The quantitative estimate of drug-likeness (QED) is 0.337. The van der Waals surface area contributed by atoms with Crippen molar-refractivity contribution in [2.75, 3.05) is 65.0 Å². The van der Waals surface area contributed by atoms with Crippen molar-refractivity contribution >= 4 is 25.7 Å². The van der Waals surface area contributed by atoms with Gasteiger partial charge in [-0.1, -0.05) is 6.07 Å². The molecule has 13 nitrogen and oxygen atoms in total. The zero-order valence-electron chi connectivity index (χ0n) is 24.1. The molecule has 232 valence electrons. The number of hydrogen-bond donors (Lipinski definition) is 3. The van der Waals surface area contributed by atoms with Crippen LogP contribution in [0.1, 0.15) is 25.0 Å². The standard InChI is InChI=1S/C27H39N5O8S2/c1-19-25(14-24-26(30-19)38-12-11-31(24)3)42(36,37)32-9-7-27(8-10-32)15-20(17-40-27)29-16-21(33)18-39-22-5-4-6-23(13-22)41(34,35)28-2/h4-6,13-14,20-21,28-29,33H,7-12,15-18H2,1-3H3/t20-,21?/m1/s1. The minimum absolute atomic E-state index is 0.00883. The van der Waals surface area contributed by atoms with Gasteiger partial charge in [0, 0.05) is 38.8 Å². The number of likely N-dealkylation sites (N-methyl/N-ethyl adjacent to an activating group) is 1. The maximum Gasteiger partial charge on any atom is 0.244 e. The van der Waals surface area contributed by atoms with E-state index in [-0.39, 0.29) is 29.0 Å². The Balaban J connectivity index is 1.11. The summed E-state index contributed by atoms with van der Waals surface area (Å²) in [6, 6.07) is 7.75. The molecule has 3 aliphatic rings. The first-order valence-corrected chi connectivity index (χ1v) is 16.9. The van der Waals surface area contributed by atoms with E-state index < -0.39 is 31.8 Å². The van der Waals surface area contributed by atoms with E-state index in [0.717, 1.165) is 0 Å².